The molecule has 0 saturated heterocycles. The number of rotatable bonds is 5. The summed E-state index contributed by atoms with van der Waals surface area (Å²) in [5.41, 5.74) is 0. The van der Waals surface area contributed by atoms with Crippen molar-refractivity contribution in [2.24, 2.45) is 0 Å². The van der Waals surface area contributed by atoms with E-state index in [0.717, 1.165) is 25.3 Å². The molecule has 0 aliphatic heterocycles. The summed E-state index contributed by atoms with van der Waals surface area (Å²) in [5, 5.41) is 0.587. The molecule has 0 unspecified atom stereocenters. The van der Waals surface area contributed by atoms with E-state index < -0.39 is 0 Å². The van der Waals surface area contributed by atoms with Gasteiger partial charge in [0.2, 0.25) is 0 Å². The van der Waals surface area contributed by atoms with Crippen LogP contribution in [-0.2, 0) is 0 Å². The third-order valence-corrected chi connectivity index (χ3v) is 2.42. The van der Waals surface area contributed by atoms with Crippen molar-refractivity contribution in [2.45, 2.75) is 13.3 Å². The average Bonchev–Trinajstić information content (AvgIpc) is 2.21. The fourth-order valence-electron chi connectivity index (χ4n) is 1.20. The van der Waals surface area contributed by atoms with Crippen molar-refractivity contribution < 1.29 is 0 Å². The Labute approximate surface area is 94.1 Å². The number of halogens is 2. The maximum absolute atomic E-state index is 5.98. The van der Waals surface area contributed by atoms with E-state index in [4.69, 9.17) is 23.2 Å². The molecule has 0 N–H and O–H groups in total. The molecule has 0 radical (unpaired) electrons. The Morgan fingerprint density at radius 1 is 1.50 bits per heavy atom. The molecule has 1 heterocycles. The summed E-state index contributed by atoms with van der Waals surface area (Å²) in [6.45, 7) is 3.80. The van der Waals surface area contributed by atoms with Gasteiger partial charge in [0.05, 0.1) is 6.20 Å². The van der Waals surface area contributed by atoms with Crippen LogP contribution in [0.25, 0.3) is 0 Å². The van der Waals surface area contributed by atoms with Crippen LogP contribution in [0.2, 0.25) is 5.02 Å². The lowest BCUT2D eigenvalue weighted by Gasteiger charge is -2.21. The van der Waals surface area contributed by atoms with Crippen LogP contribution >= 0.6 is 23.2 Å². The molecule has 78 valence electrons. The molecule has 14 heavy (non-hydrogen) atoms. The second kappa shape index (κ2) is 6.04. The van der Waals surface area contributed by atoms with E-state index in [9.17, 15) is 0 Å². The molecule has 0 aromatic carbocycles. The molecule has 1 rings (SSSR count). The fraction of sp³-hybridized carbons (Fsp3) is 0.556. The Bertz CT molecular complexity index is 281. The highest BCUT2D eigenvalue weighted by molar-refractivity contribution is 6.32. The predicted octanol–water partition coefficient (Wildman–Crippen LogP) is 2.59. The first-order valence-corrected chi connectivity index (χ1v) is 5.47. The second-order valence-electron chi connectivity index (χ2n) is 2.82. The van der Waals surface area contributed by atoms with Crippen molar-refractivity contribution in [3.05, 3.63) is 17.5 Å². The van der Waals surface area contributed by atoms with Crippen molar-refractivity contribution in [2.75, 3.05) is 23.9 Å². The van der Waals surface area contributed by atoms with Crippen molar-refractivity contribution >= 4 is 29.0 Å². The largest absolute Gasteiger partial charge is 0.356 e. The highest BCUT2D eigenvalue weighted by Crippen LogP contribution is 2.21. The van der Waals surface area contributed by atoms with E-state index in [0.29, 0.717) is 10.9 Å². The van der Waals surface area contributed by atoms with E-state index in [1.54, 1.807) is 6.20 Å². The Hall–Kier alpha value is -0.540. The molecule has 0 aliphatic rings. The average molecular weight is 234 g/mol. The summed E-state index contributed by atoms with van der Waals surface area (Å²) in [6.07, 6.45) is 4.04. The second-order valence-corrected chi connectivity index (χ2v) is 3.60. The first kappa shape index (κ1) is 11.5. The van der Waals surface area contributed by atoms with Gasteiger partial charge in [0.25, 0.3) is 0 Å². The number of alkyl halides is 1. The van der Waals surface area contributed by atoms with Crippen molar-refractivity contribution in [3.63, 3.8) is 0 Å². The van der Waals surface area contributed by atoms with Crippen LogP contribution in [-0.4, -0.2) is 28.9 Å². The van der Waals surface area contributed by atoms with Gasteiger partial charge in [0, 0.05) is 19.0 Å². The molecule has 3 nitrogen and oxygen atoms in total. The minimum absolute atomic E-state index is 0.587. The number of hydrogen-bond acceptors (Lipinski definition) is 3. The van der Waals surface area contributed by atoms with Gasteiger partial charge in [-0.15, -0.1) is 11.6 Å². The molecule has 1 aromatic heterocycles. The zero-order chi connectivity index (χ0) is 10.4. The molecule has 1 aromatic rings. The normalized spacial score (nSPS) is 10.2. The van der Waals surface area contributed by atoms with Crippen LogP contribution in [0.4, 0.5) is 5.82 Å². The molecule has 0 amide bonds. The van der Waals surface area contributed by atoms with Crippen molar-refractivity contribution in [1.29, 1.82) is 0 Å². The van der Waals surface area contributed by atoms with Crippen molar-refractivity contribution in [1.82, 2.24) is 9.97 Å². The maximum Gasteiger partial charge on any atom is 0.150 e. The minimum atomic E-state index is 0.587. The summed E-state index contributed by atoms with van der Waals surface area (Å²) < 4.78 is 0. The number of hydrogen-bond donors (Lipinski definition) is 0. The summed E-state index contributed by atoms with van der Waals surface area (Å²) in [6, 6.07) is 0. The molecule has 0 spiro atoms. The molecule has 0 atom stereocenters. The third kappa shape index (κ3) is 3.00. The van der Waals surface area contributed by atoms with Crippen LogP contribution in [0.5, 0.6) is 0 Å². The van der Waals surface area contributed by atoms with E-state index >= 15 is 0 Å². The summed E-state index contributed by atoms with van der Waals surface area (Å²) in [7, 11) is 0. The fourth-order valence-corrected chi connectivity index (χ4v) is 1.55. The standard InChI is InChI=1S/C9H13Cl2N3/c1-2-14(5-3-4-10)9-8(11)6-12-7-13-9/h6-7H,2-5H2,1H3. The topological polar surface area (TPSA) is 29.0 Å². The van der Waals surface area contributed by atoms with Gasteiger partial charge in [0.15, 0.2) is 5.82 Å². The van der Waals surface area contributed by atoms with Gasteiger partial charge in [-0.05, 0) is 13.3 Å². The van der Waals surface area contributed by atoms with Gasteiger partial charge in [-0.2, -0.15) is 0 Å². The lowest BCUT2D eigenvalue weighted by atomic mass is 10.4. The number of nitrogens with zero attached hydrogens (tertiary/aromatic N) is 3. The van der Waals surface area contributed by atoms with E-state index in [-0.39, 0.29) is 0 Å². The quantitative estimate of drug-likeness (QED) is 0.733. The number of aromatic nitrogens is 2. The molecule has 0 saturated carbocycles. The Morgan fingerprint density at radius 2 is 2.29 bits per heavy atom. The van der Waals surface area contributed by atoms with Crippen LogP contribution in [0.3, 0.4) is 0 Å². The van der Waals surface area contributed by atoms with E-state index in [1.807, 2.05) is 0 Å². The molecule has 5 heteroatoms. The maximum atomic E-state index is 5.98. The van der Waals surface area contributed by atoms with Gasteiger partial charge >= 0.3 is 0 Å². The Morgan fingerprint density at radius 3 is 2.86 bits per heavy atom. The van der Waals surface area contributed by atoms with Gasteiger partial charge < -0.3 is 4.90 Å². The molecular weight excluding hydrogens is 221 g/mol. The third-order valence-electron chi connectivity index (χ3n) is 1.89. The van der Waals surface area contributed by atoms with Crippen LogP contribution in [0, 0.1) is 0 Å². The highest BCUT2D eigenvalue weighted by Gasteiger charge is 2.08. The van der Waals surface area contributed by atoms with Gasteiger partial charge in [-0.3, -0.25) is 0 Å². The monoisotopic (exact) mass is 233 g/mol. The van der Waals surface area contributed by atoms with Gasteiger partial charge in [-0.25, -0.2) is 9.97 Å². The Kier molecular flexibility index (Phi) is 4.98. The molecule has 0 bridgehead atoms. The smallest absolute Gasteiger partial charge is 0.150 e. The molecular formula is C9H13Cl2N3. The SMILES string of the molecule is CCN(CCCCl)c1ncncc1Cl. The first-order chi connectivity index (χ1) is 6.79. The summed E-state index contributed by atoms with van der Waals surface area (Å²) >= 11 is 11.6. The Balaban J connectivity index is 2.73. The van der Waals surface area contributed by atoms with Crippen LogP contribution in [0.1, 0.15) is 13.3 Å². The first-order valence-electron chi connectivity index (χ1n) is 4.56. The lowest BCUT2D eigenvalue weighted by Crippen LogP contribution is -2.25. The molecule has 0 aliphatic carbocycles. The van der Waals surface area contributed by atoms with Crippen LogP contribution < -0.4 is 4.90 Å². The molecule has 0 fully saturated rings. The van der Waals surface area contributed by atoms with Gasteiger partial charge in [0.1, 0.15) is 11.3 Å². The van der Waals surface area contributed by atoms with E-state index in [1.165, 1.54) is 6.33 Å². The summed E-state index contributed by atoms with van der Waals surface area (Å²) in [4.78, 5) is 10.1. The van der Waals surface area contributed by atoms with E-state index in [2.05, 4.69) is 21.8 Å². The van der Waals surface area contributed by atoms with Crippen molar-refractivity contribution in [3.8, 4) is 0 Å². The minimum Gasteiger partial charge on any atom is -0.356 e. The summed E-state index contributed by atoms with van der Waals surface area (Å²) in [5.74, 6) is 1.44. The van der Waals surface area contributed by atoms with Crippen LogP contribution in [0.15, 0.2) is 12.5 Å². The lowest BCUT2D eigenvalue weighted by molar-refractivity contribution is 0.779. The zero-order valence-electron chi connectivity index (χ0n) is 8.08. The number of anilines is 1. The van der Waals surface area contributed by atoms with Gasteiger partial charge in [-0.1, -0.05) is 11.6 Å². The zero-order valence-corrected chi connectivity index (χ0v) is 9.59. The highest BCUT2D eigenvalue weighted by atomic mass is 35.5. The predicted molar refractivity (Wildman–Crippen MR) is 60.3 cm³/mol.